The highest BCUT2D eigenvalue weighted by Crippen LogP contribution is 2.34. The second-order valence-corrected chi connectivity index (χ2v) is 7.05. The molecule has 1 aromatic carbocycles. The van der Waals surface area contributed by atoms with Gasteiger partial charge in [0.25, 0.3) is 5.91 Å². The summed E-state index contributed by atoms with van der Waals surface area (Å²) in [6, 6.07) is 4.82. The summed E-state index contributed by atoms with van der Waals surface area (Å²) in [5.74, 6) is 0.961. The van der Waals surface area contributed by atoms with Gasteiger partial charge in [-0.05, 0) is 43.9 Å². The fourth-order valence-corrected chi connectivity index (χ4v) is 3.27. The van der Waals surface area contributed by atoms with Gasteiger partial charge in [-0.25, -0.2) is 0 Å². The lowest BCUT2D eigenvalue weighted by molar-refractivity contribution is -0.00592. The van der Waals surface area contributed by atoms with E-state index < -0.39 is 6.10 Å². The van der Waals surface area contributed by atoms with Crippen LogP contribution in [0, 0.1) is 6.92 Å². The highest BCUT2D eigenvalue weighted by molar-refractivity contribution is 5.97. The number of amides is 1. The predicted molar refractivity (Wildman–Crippen MR) is 94.5 cm³/mol. The number of carbonyl (C=O) groups excluding carboxylic acids is 1. The van der Waals surface area contributed by atoms with E-state index in [0.29, 0.717) is 23.5 Å². The first kappa shape index (κ1) is 16.9. The van der Waals surface area contributed by atoms with Crippen molar-refractivity contribution in [1.82, 2.24) is 15.1 Å². The zero-order valence-electron chi connectivity index (χ0n) is 14.9. The highest BCUT2D eigenvalue weighted by atomic mass is 16.5. The summed E-state index contributed by atoms with van der Waals surface area (Å²) in [6.07, 6.45) is 6.03. The van der Waals surface area contributed by atoms with Gasteiger partial charge >= 0.3 is 0 Å². The number of hydrogen-bond acceptors (Lipinski definition) is 5. The van der Waals surface area contributed by atoms with Gasteiger partial charge in [-0.15, -0.1) is 0 Å². The van der Waals surface area contributed by atoms with Crippen molar-refractivity contribution in [2.45, 2.75) is 50.5 Å². The number of methoxy groups -OCH3 is 1. The van der Waals surface area contributed by atoms with Crippen LogP contribution < -0.4 is 14.8 Å². The minimum atomic E-state index is -0.518. The fourth-order valence-electron chi connectivity index (χ4n) is 3.27. The Kier molecular flexibility index (Phi) is 4.32. The third-order valence-corrected chi connectivity index (χ3v) is 4.90. The Morgan fingerprint density at radius 1 is 1.38 bits per heavy atom. The molecule has 7 nitrogen and oxygen atoms in total. The van der Waals surface area contributed by atoms with Gasteiger partial charge in [-0.1, -0.05) is 0 Å². The molecule has 138 valence electrons. The van der Waals surface area contributed by atoms with E-state index in [1.807, 2.05) is 13.1 Å². The molecule has 0 bridgehead atoms. The number of ether oxygens (including phenoxy) is 2. The minimum absolute atomic E-state index is 0.177. The number of hydrogen-bond donors (Lipinski definition) is 2. The number of benzene rings is 1. The van der Waals surface area contributed by atoms with E-state index in [2.05, 4.69) is 10.4 Å². The van der Waals surface area contributed by atoms with Gasteiger partial charge in [0.15, 0.2) is 0 Å². The van der Waals surface area contributed by atoms with Crippen molar-refractivity contribution in [3.05, 3.63) is 41.7 Å². The third-order valence-electron chi connectivity index (χ3n) is 4.90. The van der Waals surface area contributed by atoms with E-state index >= 15 is 0 Å². The van der Waals surface area contributed by atoms with Crippen molar-refractivity contribution in [2.75, 3.05) is 7.11 Å². The standard InChI is InChI=1S/C19H23N3O4/c1-11-9-20-22(10-11)18-15(8-16(18)23)21-19(24)14-6-5-13(7-17(14)25-2)26-12-3-4-12/h5-7,9-10,12,15-16,18,23H,3-4,8H2,1-2H3,(H,21,24)/t15-,16+,18+/m0/s1. The van der Waals surface area contributed by atoms with E-state index in [9.17, 15) is 9.90 Å². The van der Waals surface area contributed by atoms with Crippen molar-refractivity contribution in [3.8, 4) is 11.5 Å². The molecule has 4 rings (SSSR count). The molecule has 1 amide bonds. The lowest BCUT2D eigenvalue weighted by Crippen LogP contribution is -2.56. The van der Waals surface area contributed by atoms with Crippen LogP contribution in [0.2, 0.25) is 0 Å². The van der Waals surface area contributed by atoms with Gasteiger partial charge in [0.05, 0.1) is 43.2 Å². The molecule has 0 spiro atoms. The Bertz CT molecular complexity index is 815. The van der Waals surface area contributed by atoms with E-state index in [1.165, 1.54) is 7.11 Å². The van der Waals surface area contributed by atoms with Crippen LogP contribution in [0.15, 0.2) is 30.6 Å². The normalized spacial score (nSPS) is 24.7. The second-order valence-electron chi connectivity index (χ2n) is 7.05. The van der Waals surface area contributed by atoms with E-state index in [-0.39, 0.29) is 24.1 Å². The Morgan fingerprint density at radius 2 is 2.19 bits per heavy atom. The van der Waals surface area contributed by atoms with Gasteiger partial charge in [0.2, 0.25) is 0 Å². The van der Waals surface area contributed by atoms with Crippen molar-refractivity contribution < 1.29 is 19.4 Å². The first-order valence-electron chi connectivity index (χ1n) is 8.89. The zero-order valence-corrected chi connectivity index (χ0v) is 14.9. The summed E-state index contributed by atoms with van der Waals surface area (Å²) in [4.78, 5) is 12.7. The molecule has 2 aromatic rings. The summed E-state index contributed by atoms with van der Waals surface area (Å²) in [5.41, 5.74) is 1.47. The summed E-state index contributed by atoms with van der Waals surface area (Å²) in [7, 11) is 1.54. The molecular formula is C19H23N3O4. The number of aliphatic hydroxyl groups excluding tert-OH is 1. The second kappa shape index (κ2) is 6.64. The first-order valence-corrected chi connectivity index (χ1v) is 8.89. The van der Waals surface area contributed by atoms with Gasteiger partial charge in [-0.2, -0.15) is 5.10 Å². The van der Waals surface area contributed by atoms with Crippen molar-refractivity contribution in [2.24, 2.45) is 0 Å². The van der Waals surface area contributed by atoms with Crippen molar-refractivity contribution in [3.63, 3.8) is 0 Å². The minimum Gasteiger partial charge on any atom is -0.496 e. The van der Waals surface area contributed by atoms with Gasteiger partial charge in [0.1, 0.15) is 11.5 Å². The largest absolute Gasteiger partial charge is 0.496 e. The van der Waals surface area contributed by atoms with Gasteiger partial charge < -0.3 is 19.9 Å². The van der Waals surface area contributed by atoms with Crippen molar-refractivity contribution >= 4 is 5.91 Å². The Hall–Kier alpha value is -2.54. The van der Waals surface area contributed by atoms with Crippen LogP contribution in [0.1, 0.15) is 41.2 Å². The summed E-state index contributed by atoms with van der Waals surface area (Å²) < 4.78 is 12.8. The van der Waals surface area contributed by atoms with E-state index in [1.54, 1.807) is 29.1 Å². The van der Waals surface area contributed by atoms with Gasteiger partial charge in [0, 0.05) is 12.3 Å². The topological polar surface area (TPSA) is 85.6 Å². The molecule has 0 saturated heterocycles. The van der Waals surface area contributed by atoms with Crippen LogP contribution >= 0.6 is 0 Å². The molecule has 2 saturated carbocycles. The smallest absolute Gasteiger partial charge is 0.255 e. The predicted octanol–water partition coefficient (Wildman–Crippen LogP) is 1.85. The van der Waals surface area contributed by atoms with Crippen LogP contribution in [0.3, 0.4) is 0 Å². The average Bonchev–Trinajstić information content (AvgIpc) is 3.33. The van der Waals surface area contributed by atoms with Gasteiger partial charge in [-0.3, -0.25) is 9.48 Å². The number of nitrogens with one attached hydrogen (secondary N) is 1. The van der Waals surface area contributed by atoms with Crippen molar-refractivity contribution in [1.29, 1.82) is 0 Å². The summed E-state index contributed by atoms with van der Waals surface area (Å²) >= 11 is 0. The molecule has 0 aliphatic heterocycles. The lowest BCUT2D eigenvalue weighted by Gasteiger charge is -2.41. The van der Waals surface area contributed by atoms with Crippen LogP contribution in [0.5, 0.6) is 11.5 Å². The Labute approximate surface area is 151 Å². The maximum Gasteiger partial charge on any atom is 0.255 e. The molecular weight excluding hydrogens is 334 g/mol. The van der Waals surface area contributed by atoms with E-state index in [0.717, 1.165) is 18.4 Å². The van der Waals surface area contributed by atoms with Crippen LogP contribution in [0.25, 0.3) is 0 Å². The maximum absolute atomic E-state index is 12.7. The number of rotatable bonds is 6. The maximum atomic E-state index is 12.7. The highest BCUT2D eigenvalue weighted by Gasteiger charge is 2.43. The average molecular weight is 357 g/mol. The summed E-state index contributed by atoms with van der Waals surface area (Å²) in [6.45, 7) is 1.94. The molecule has 0 unspecified atom stereocenters. The summed E-state index contributed by atoms with van der Waals surface area (Å²) in [5, 5.41) is 17.3. The molecule has 1 heterocycles. The Balaban J connectivity index is 1.47. The molecule has 1 aromatic heterocycles. The quantitative estimate of drug-likeness (QED) is 0.824. The zero-order chi connectivity index (χ0) is 18.3. The van der Waals surface area contributed by atoms with Crippen LogP contribution in [0.4, 0.5) is 0 Å². The number of nitrogens with zero attached hydrogens (tertiary/aromatic N) is 2. The molecule has 2 aliphatic carbocycles. The molecule has 2 aliphatic rings. The monoisotopic (exact) mass is 357 g/mol. The molecule has 0 radical (unpaired) electrons. The lowest BCUT2D eigenvalue weighted by atomic mass is 9.83. The fraction of sp³-hybridized carbons (Fsp3) is 0.474. The molecule has 26 heavy (non-hydrogen) atoms. The Morgan fingerprint density at radius 3 is 2.81 bits per heavy atom. The third kappa shape index (κ3) is 3.26. The molecule has 2 N–H and O–H groups in total. The molecule has 2 fully saturated rings. The number of aryl methyl sites for hydroxylation is 1. The number of carbonyl (C=O) groups is 1. The number of aromatic nitrogens is 2. The van der Waals surface area contributed by atoms with Crippen LogP contribution in [-0.2, 0) is 0 Å². The SMILES string of the molecule is COc1cc(OC2CC2)ccc1C(=O)N[C@H]1C[C@@H](O)[C@@H]1n1cc(C)cn1. The molecule has 7 heteroatoms. The molecule has 3 atom stereocenters. The first-order chi connectivity index (χ1) is 12.5. The van der Waals surface area contributed by atoms with Crippen LogP contribution in [-0.4, -0.2) is 46.2 Å². The van der Waals surface area contributed by atoms with E-state index in [4.69, 9.17) is 9.47 Å². The number of aliphatic hydroxyl groups is 1.